The fraction of sp³-hybridized carbons (Fsp3) is 0.167. The molecule has 168 valence electrons. The predicted octanol–water partition coefficient (Wildman–Crippen LogP) is 2.54. The van der Waals surface area contributed by atoms with Crippen LogP contribution in [0.25, 0.3) is 11.0 Å². The number of ether oxygens (including phenoxy) is 2. The zero-order valence-corrected chi connectivity index (χ0v) is 18.2. The number of methoxy groups -OCH3 is 1. The molecule has 0 aliphatic rings. The van der Waals surface area contributed by atoms with E-state index in [0.717, 1.165) is 5.56 Å². The molecule has 0 atom stereocenters. The number of nitrogens with zero attached hydrogens (tertiary/aromatic N) is 4. The van der Waals surface area contributed by atoms with Crippen molar-refractivity contribution in [3.63, 3.8) is 0 Å². The van der Waals surface area contributed by atoms with Crippen LogP contribution < -0.4 is 20.7 Å². The maximum Gasteiger partial charge on any atom is 0.332 e. The topological polar surface area (TPSA) is 96.9 Å². The summed E-state index contributed by atoms with van der Waals surface area (Å²) in [6.45, 7) is 0.0419. The van der Waals surface area contributed by atoms with Gasteiger partial charge in [0.2, 0.25) is 0 Å². The van der Waals surface area contributed by atoms with Gasteiger partial charge in [-0.15, -0.1) is 0 Å². The summed E-state index contributed by atoms with van der Waals surface area (Å²) in [6, 6.07) is 18.1. The third kappa shape index (κ3) is 4.77. The van der Waals surface area contributed by atoms with E-state index in [2.05, 4.69) is 10.1 Å². The Balaban J connectivity index is 1.53. The van der Waals surface area contributed by atoms with Gasteiger partial charge in [-0.1, -0.05) is 47.6 Å². The Kier molecular flexibility index (Phi) is 6.49. The number of benzene rings is 2. The minimum atomic E-state index is -0.429. The van der Waals surface area contributed by atoms with Crippen LogP contribution in [0, 0.1) is 0 Å². The van der Waals surface area contributed by atoms with Crippen LogP contribution in [0.5, 0.6) is 11.5 Å². The summed E-state index contributed by atoms with van der Waals surface area (Å²) in [5, 5.41) is 4.18. The molecule has 0 radical (unpaired) electrons. The number of hydrogen-bond acceptors (Lipinski definition) is 7. The second-order valence-corrected chi connectivity index (χ2v) is 7.13. The van der Waals surface area contributed by atoms with E-state index in [1.165, 1.54) is 21.5 Å². The lowest BCUT2D eigenvalue weighted by atomic mass is 10.2. The van der Waals surface area contributed by atoms with Crippen LogP contribution in [0.4, 0.5) is 0 Å². The van der Waals surface area contributed by atoms with Crippen LogP contribution in [-0.2, 0) is 18.4 Å². The van der Waals surface area contributed by atoms with E-state index in [0.29, 0.717) is 28.1 Å². The Morgan fingerprint density at radius 1 is 1.03 bits per heavy atom. The molecule has 0 fully saturated rings. The monoisotopic (exact) mass is 446 g/mol. The molecule has 0 aliphatic heterocycles. The van der Waals surface area contributed by atoms with Crippen molar-refractivity contribution < 1.29 is 14.3 Å². The minimum absolute atomic E-state index is 0.129. The second kappa shape index (κ2) is 9.82. The normalized spacial score (nSPS) is 11.1. The van der Waals surface area contributed by atoms with Crippen molar-refractivity contribution in [3.8, 4) is 11.5 Å². The molecule has 0 unspecified atom stereocenters. The first-order valence-corrected chi connectivity index (χ1v) is 10.1. The van der Waals surface area contributed by atoms with E-state index in [1.807, 2.05) is 42.5 Å². The number of hydrogen-bond donors (Lipinski definition) is 0. The van der Waals surface area contributed by atoms with Crippen LogP contribution in [0.3, 0.4) is 0 Å². The lowest BCUT2D eigenvalue weighted by Gasteiger charge is -2.10. The van der Waals surface area contributed by atoms with Crippen molar-refractivity contribution in [2.24, 2.45) is 12.2 Å². The van der Waals surface area contributed by atoms with Crippen molar-refractivity contribution in [1.82, 2.24) is 14.1 Å². The van der Waals surface area contributed by atoms with E-state index in [4.69, 9.17) is 14.3 Å². The van der Waals surface area contributed by atoms with Crippen molar-refractivity contribution in [3.05, 3.63) is 98.8 Å². The standard InChI is InChI=1S/C24H22N4O5/c1-27-22-19(23(29)28(24(27)30)15-17-8-4-3-5-9-17)12-18(13-25-22)14-26-33-16-32-21-11-7-6-10-20(21)31-2/h3-14H,15-16H2,1-2H3. The maximum atomic E-state index is 13.1. The summed E-state index contributed by atoms with van der Waals surface area (Å²) in [7, 11) is 3.14. The number of aromatic nitrogens is 3. The molecule has 0 saturated heterocycles. The van der Waals surface area contributed by atoms with Gasteiger partial charge >= 0.3 is 5.69 Å². The molecule has 4 rings (SSSR count). The number of pyridine rings is 1. The molecular formula is C24H22N4O5. The van der Waals surface area contributed by atoms with Crippen molar-refractivity contribution in [2.75, 3.05) is 13.9 Å². The Bertz CT molecular complexity index is 1410. The zero-order valence-electron chi connectivity index (χ0n) is 18.2. The predicted molar refractivity (Wildman–Crippen MR) is 124 cm³/mol. The molecular weight excluding hydrogens is 424 g/mol. The molecule has 2 heterocycles. The highest BCUT2D eigenvalue weighted by Crippen LogP contribution is 2.25. The molecule has 9 nitrogen and oxygen atoms in total. The van der Waals surface area contributed by atoms with Gasteiger partial charge in [0.15, 0.2) is 11.5 Å². The molecule has 0 spiro atoms. The SMILES string of the molecule is COc1ccccc1OCON=Cc1cnc2c(c1)c(=O)n(Cc1ccccc1)c(=O)n2C. The highest BCUT2D eigenvalue weighted by molar-refractivity contribution is 5.85. The van der Waals surface area contributed by atoms with E-state index in [1.54, 1.807) is 32.4 Å². The summed E-state index contributed by atoms with van der Waals surface area (Å²) in [5.41, 5.74) is 0.848. The Morgan fingerprint density at radius 3 is 2.52 bits per heavy atom. The minimum Gasteiger partial charge on any atom is -0.493 e. The first-order valence-electron chi connectivity index (χ1n) is 10.1. The summed E-state index contributed by atoms with van der Waals surface area (Å²) >= 11 is 0. The van der Waals surface area contributed by atoms with Gasteiger partial charge in [0.1, 0.15) is 5.65 Å². The lowest BCUT2D eigenvalue weighted by molar-refractivity contribution is 0.0183. The van der Waals surface area contributed by atoms with Gasteiger partial charge in [0.25, 0.3) is 12.4 Å². The molecule has 0 N–H and O–H groups in total. The smallest absolute Gasteiger partial charge is 0.332 e. The van der Waals surface area contributed by atoms with Gasteiger partial charge in [-0.3, -0.25) is 13.9 Å². The molecule has 2 aromatic heterocycles. The summed E-state index contributed by atoms with van der Waals surface area (Å²) < 4.78 is 13.2. The number of oxime groups is 1. The van der Waals surface area contributed by atoms with E-state index >= 15 is 0 Å². The van der Waals surface area contributed by atoms with Crippen molar-refractivity contribution in [1.29, 1.82) is 0 Å². The quantitative estimate of drug-likeness (QED) is 0.179. The first kappa shape index (κ1) is 21.8. The number of fused-ring (bicyclic) bond motifs is 1. The Labute approximate surface area is 189 Å². The Hall–Kier alpha value is -4.40. The number of rotatable bonds is 8. The molecule has 0 bridgehead atoms. The van der Waals surface area contributed by atoms with Gasteiger partial charge in [-0.2, -0.15) is 0 Å². The zero-order chi connectivity index (χ0) is 23.2. The second-order valence-electron chi connectivity index (χ2n) is 7.13. The van der Waals surface area contributed by atoms with E-state index in [-0.39, 0.29) is 13.3 Å². The van der Waals surface area contributed by atoms with E-state index in [9.17, 15) is 9.59 Å². The molecule has 9 heteroatoms. The number of aryl methyl sites for hydroxylation is 1. The highest BCUT2D eigenvalue weighted by atomic mass is 16.7. The summed E-state index contributed by atoms with van der Waals surface area (Å²) in [6.07, 6.45) is 2.93. The third-order valence-corrected chi connectivity index (χ3v) is 4.99. The average Bonchev–Trinajstić information content (AvgIpc) is 2.86. The lowest BCUT2D eigenvalue weighted by Crippen LogP contribution is -2.39. The average molecular weight is 446 g/mol. The van der Waals surface area contributed by atoms with Gasteiger partial charge < -0.3 is 14.3 Å². The van der Waals surface area contributed by atoms with Crippen LogP contribution in [0.1, 0.15) is 11.1 Å². The van der Waals surface area contributed by atoms with Gasteiger partial charge in [-0.25, -0.2) is 9.78 Å². The van der Waals surface area contributed by atoms with Crippen LogP contribution in [0.15, 0.2) is 81.6 Å². The highest BCUT2D eigenvalue weighted by Gasteiger charge is 2.13. The van der Waals surface area contributed by atoms with Crippen LogP contribution in [0.2, 0.25) is 0 Å². The number of para-hydroxylation sites is 2. The maximum absolute atomic E-state index is 13.1. The molecule has 0 saturated carbocycles. The van der Waals surface area contributed by atoms with Crippen LogP contribution >= 0.6 is 0 Å². The summed E-state index contributed by atoms with van der Waals surface area (Å²) in [5.74, 6) is 1.11. The van der Waals surface area contributed by atoms with Gasteiger partial charge in [0.05, 0.1) is 25.3 Å². The molecule has 4 aromatic rings. The van der Waals surface area contributed by atoms with Crippen molar-refractivity contribution in [2.45, 2.75) is 6.54 Å². The molecule has 33 heavy (non-hydrogen) atoms. The van der Waals surface area contributed by atoms with Crippen molar-refractivity contribution >= 4 is 17.2 Å². The van der Waals surface area contributed by atoms with Gasteiger partial charge in [0, 0.05) is 18.8 Å². The summed E-state index contributed by atoms with van der Waals surface area (Å²) in [4.78, 5) is 35.2. The third-order valence-electron chi connectivity index (χ3n) is 4.99. The van der Waals surface area contributed by atoms with E-state index < -0.39 is 11.2 Å². The molecule has 0 amide bonds. The van der Waals surface area contributed by atoms with Gasteiger partial charge in [-0.05, 0) is 23.8 Å². The van der Waals surface area contributed by atoms with Crippen LogP contribution in [-0.4, -0.2) is 34.2 Å². The largest absolute Gasteiger partial charge is 0.493 e. The molecule has 0 aliphatic carbocycles. The first-order chi connectivity index (χ1) is 16.1. The Morgan fingerprint density at radius 2 is 1.76 bits per heavy atom. The fourth-order valence-corrected chi connectivity index (χ4v) is 3.33. The molecule has 2 aromatic carbocycles. The fourth-order valence-electron chi connectivity index (χ4n) is 3.33.